The van der Waals surface area contributed by atoms with E-state index in [0.717, 1.165) is 76.1 Å². The predicted molar refractivity (Wildman–Crippen MR) is 143 cm³/mol. The minimum Gasteiger partial charge on any atom is -0.380 e. The van der Waals surface area contributed by atoms with Gasteiger partial charge in [-0.3, -0.25) is 0 Å². The third-order valence-corrected chi connectivity index (χ3v) is 6.20. The number of anilines is 1. The number of hydrogen-bond donors (Lipinski definition) is 0. The van der Waals surface area contributed by atoms with Crippen molar-refractivity contribution in [2.75, 3.05) is 31.2 Å². The van der Waals surface area contributed by atoms with Gasteiger partial charge in [0.1, 0.15) is 0 Å². The second-order valence-corrected chi connectivity index (χ2v) is 8.81. The zero-order valence-electron chi connectivity index (χ0n) is 20.7. The van der Waals surface area contributed by atoms with Crippen LogP contribution in [0.1, 0.15) is 55.7 Å². The lowest BCUT2D eigenvalue weighted by molar-refractivity contribution is 0.135. The molecular formula is C31H35N3O. The maximum Gasteiger partial charge on any atom is 0.0991 e. The quantitative estimate of drug-likeness (QED) is 0.238. The number of nitrogens with zero attached hydrogens (tertiary/aromatic N) is 3. The molecule has 0 aliphatic rings. The number of aryl methyl sites for hydroxylation is 1. The molecule has 35 heavy (non-hydrogen) atoms. The van der Waals surface area contributed by atoms with Crippen LogP contribution in [0.15, 0.2) is 72.8 Å². The van der Waals surface area contributed by atoms with Gasteiger partial charge in [-0.15, -0.1) is 0 Å². The van der Waals surface area contributed by atoms with Crippen LogP contribution in [0.4, 0.5) is 5.69 Å². The van der Waals surface area contributed by atoms with E-state index in [1.54, 1.807) is 0 Å². The molecule has 0 heterocycles. The van der Waals surface area contributed by atoms with E-state index in [0.29, 0.717) is 11.1 Å². The largest absolute Gasteiger partial charge is 0.380 e. The van der Waals surface area contributed by atoms with Crippen molar-refractivity contribution < 1.29 is 4.74 Å². The smallest absolute Gasteiger partial charge is 0.0991 e. The molecule has 0 aliphatic heterocycles. The van der Waals surface area contributed by atoms with Crippen molar-refractivity contribution in [2.45, 2.75) is 45.4 Å². The minimum absolute atomic E-state index is 0.689. The summed E-state index contributed by atoms with van der Waals surface area (Å²) in [5, 5.41) is 18.0. The molecule has 0 aromatic heterocycles. The molecule has 0 saturated heterocycles. The van der Waals surface area contributed by atoms with E-state index in [2.05, 4.69) is 48.2 Å². The highest BCUT2D eigenvalue weighted by Crippen LogP contribution is 2.21. The lowest BCUT2D eigenvalue weighted by atomic mass is 10.0. The normalized spacial score (nSPS) is 10.5. The average molecular weight is 466 g/mol. The third-order valence-electron chi connectivity index (χ3n) is 6.20. The molecule has 0 spiro atoms. The van der Waals surface area contributed by atoms with Crippen molar-refractivity contribution in [3.05, 3.63) is 89.5 Å². The van der Waals surface area contributed by atoms with Crippen molar-refractivity contribution in [2.24, 2.45) is 0 Å². The van der Waals surface area contributed by atoms with Gasteiger partial charge < -0.3 is 9.64 Å². The summed E-state index contributed by atoms with van der Waals surface area (Å²) in [6.45, 7) is 5.61. The highest BCUT2D eigenvalue weighted by Gasteiger charge is 2.06. The van der Waals surface area contributed by atoms with Crippen molar-refractivity contribution >= 4 is 5.69 Å². The fourth-order valence-electron chi connectivity index (χ4n) is 4.05. The molecule has 0 aliphatic carbocycles. The van der Waals surface area contributed by atoms with Crippen molar-refractivity contribution in [1.29, 1.82) is 10.5 Å². The van der Waals surface area contributed by atoms with Gasteiger partial charge in [0.25, 0.3) is 0 Å². The van der Waals surface area contributed by atoms with E-state index in [4.69, 9.17) is 15.3 Å². The van der Waals surface area contributed by atoms with E-state index >= 15 is 0 Å². The molecule has 0 bridgehead atoms. The number of benzene rings is 3. The van der Waals surface area contributed by atoms with E-state index < -0.39 is 0 Å². The molecule has 0 amide bonds. The van der Waals surface area contributed by atoms with E-state index in [-0.39, 0.29) is 0 Å². The Labute approximate surface area is 210 Å². The van der Waals surface area contributed by atoms with E-state index in [1.165, 1.54) is 11.1 Å². The molecule has 0 N–H and O–H groups in total. The van der Waals surface area contributed by atoms with Gasteiger partial charge in [0.15, 0.2) is 0 Å². The predicted octanol–water partition coefficient (Wildman–Crippen LogP) is 7.13. The third kappa shape index (κ3) is 8.60. The van der Waals surface area contributed by atoms with Crippen LogP contribution in [0, 0.1) is 22.7 Å². The Kier molecular flexibility index (Phi) is 10.9. The highest BCUT2D eigenvalue weighted by atomic mass is 16.5. The Morgan fingerprint density at radius 3 is 1.86 bits per heavy atom. The van der Waals surface area contributed by atoms with E-state index in [9.17, 15) is 0 Å². The summed E-state index contributed by atoms with van der Waals surface area (Å²) in [5.74, 6) is 0. The first-order valence-electron chi connectivity index (χ1n) is 12.7. The zero-order valence-corrected chi connectivity index (χ0v) is 20.7. The molecule has 180 valence electrons. The van der Waals surface area contributed by atoms with Gasteiger partial charge in [-0.25, -0.2) is 0 Å². The Morgan fingerprint density at radius 1 is 0.657 bits per heavy atom. The van der Waals surface area contributed by atoms with Crippen LogP contribution in [0.3, 0.4) is 0 Å². The maximum atomic E-state index is 9.01. The number of hydrogen-bond acceptors (Lipinski definition) is 4. The van der Waals surface area contributed by atoms with Gasteiger partial charge in [-0.05, 0) is 78.8 Å². The molecule has 4 heteroatoms. The Balaban J connectivity index is 1.32. The van der Waals surface area contributed by atoms with Crippen LogP contribution in [0.2, 0.25) is 0 Å². The Morgan fingerprint density at radius 2 is 1.26 bits per heavy atom. The summed E-state index contributed by atoms with van der Waals surface area (Å²) in [6, 6.07) is 28.6. The zero-order chi connectivity index (χ0) is 24.7. The molecule has 0 radical (unpaired) electrons. The second-order valence-electron chi connectivity index (χ2n) is 8.81. The Bertz CT molecular complexity index is 1090. The topological polar surface area (TPSA) is 60.0 Å². The van der Waals surface area contributed by atoms with Crippen LogP contribution in [0.5, 0.6) is 0 Å². The van der Waals surface area contributed by atoms with E-state index in [1.807, 2.05) is 48.5 Å². The molecule has 3 aromatic rings. The number of rotatable bonds is 14. The fourth-order valence-corrected chi connectivity index (χ4v) is 4.05. The van der Waals surface area contributed by atoms with Crippen LogP contribution < -0.4 is 4.90 Å². The summed E-state index contributed by atoms with van der Waals surface area (Å²) in [7, 11) is 0. The molecule has 3 aromatic carbocycles. The summed E-state index contributed by atoms with van der Waals surface area (Å²) in [4.78, 5) is 2.35. The SMILES string of the molecule is CCCCN(CCOCCCCCc1ccc(-c2ccc(C#N)cc2)cc1)c1ccc(C#N)cc1. The van der Waals surface area contributed by atoms with Gasteiger partial charge in [-0.1, -0.05) is 56.2 Å². The minimum atomic E-state index is 0.689. The molecule has 3 rings (SSSR count). The number of ether oxygens (including phenoxy) is 1. The van der Waals surface area contributed by atoms with Crippen molar-refractivity contribution in [1.82, 2.24) is 0 Å². The molecule has 4 nitrogen and oxygen atoms in total. The van der Waals surface area contributed by atoms with Gasteiger partial charge in [-0.2, -0.15) is 10.5 Å². The molecule has 0 atom stereocenters. The summed E-state index contributed by atoms with van der Waals surface area (Å²) in [5.41, 5.74) is 6.22. The van der Waals surface area contributed by atoms with Gasteiger partial charge >= 0.3 is 0 Å². The lowest BCUT2D eigenvalue weighted by Gasteiger charge is -2.24. The van der Waals surface area contributed by atoms with Crippen LogP contribution in [-0.2, 0) is 11.2 Å². The van der Waals surface area contributed by atoms with Gasteiger partial charge in [0, 0.05) is 25.4 Å². The first-order chi connectivity index (χ1) is 17.2. The first-order valence-corrected chi connectivity index (χ1v) is 12.7. The Hall–Kier alpha value is -3.60. The average Bonchev–Trinajstić information content (AvgIpc) is 2.92. The van der Waals surface area contributed by atoms with Crippen LogP contribution in [0.25, 0.3) is 11.1 Å². The number of unbranched alkanes of at least 4 members (excludes halogenated alkanes) is 3. The standard InChI is InChI=1S/C31H35N3O/c1-2-3-20-34(31-18-12-28(25-33)13-19-31)21-23-35-22-6-4-5-7-26-8-14-29(15-9-26)30-16-10-27(24-32)11-17-30/h8-19H,2-7,20-23H2,1H3. The lowest BCUT2D eigenvalue weighted by Crippen LogP contribution is -2.28. The molecule has 0 unspecified atom stereocenters. The van der Waals surface area contributed by atoms with Crippen molar-refractivity contribution in [3.63, 3.8) is 0 Å². The highest BCUT2D eigenvalue weighted by molar-refractivity contribution is 5.64. The summed E-state index contributed by atoms with van der Waals surface area (Å²) < 4.78 is 5.93. The van der Waals surface area contributed by atoms with Crippen LogP contribution >= 0.6 is 0 Å². The van der Waals surface area contributed by atoms with Crippen LogP contribution in [-0.4, -0.2) is 26.3 Å². The number of nitriles is 2. The maximum absolute atomic E-state index is 9.01. The molecule has 0 fully saturated rings. The summed E-state index contributed by atoms with van der Waals surface area (Å²) >= 11 is 0. The molecule has 0 saturated carbocycles. The molecular weight excluding hydrogens is 430 g/mol. The fraction of sp³-hybridized carbons (Fsp3) is 0.355. The summed E-state index contributed by atoms with van der Waals surface area (Å²) in [6.07, 6.45) is 6.78. The second kappa shape index (κ2) is 14.6. The first kappa shape index (κ1) is 26.0. The monoisotopic (exact) mass is 465 g/mol. The van der Waals surface area contributed by atoms with Crippen molar-refractivity contribution in [3.8, 4) is 23.3 Å². The van der Waals surface area contributed by atoms with Gasteiger partial charge in [0.2, 0.25) is 0 Å². The van der Waals surface area contributed by atoms with Gasteiger partial charge in [0.05, 0.1) is 29.9 Å².